The summed E-state index contributed by atoms with van der Waals surface area (Å²) in [5.74, 6) is -5.05. The van der Waals surface area contributed by atoms with Crippen molar-refractivity contribution < 1.29 is 51.8 Å². The fraction of sp³-hybridized carbons (Fsp3) is 0.444. The molecule has 3 aromatic carbocycles. The van der Waals surface area contributed by atoms with Gasteiger partial charge in [0.2, 0.25) is 29.6 Å². The van der Waals surface area contributed by atoms with Crippen molar-refractivity contribution in [2.24, 2.45) is 16.6 Å². The molecule has 0 saturated heterocycles. The molecule has 0 bridgehead atoms. The Labute approximate surface area is 380 Å². The first-order valence-corrected chi connectivity index (χ1v) is 22.5. The number of carboxylic acids is 1. The molecule has 3 rings (SSSR count). The van der Waals surface area contributed by atoms with Gasteiger partial charge < -0.3 is 46.9 Å². The number of aliphatic carboxylic acids is 1. The molecule has 4 atom stereocenters. The lowest BCUT2D eigenvalue weighted by atomic mass is 10.0. The molecule has 0 spiro atoms. The molecule has 0 aromatic heterocycles. The highest BCUT2D eigenvalue weighted by Gasteiger charge is 2.33. The van der Waals surface area contributed by atoms with Gasteiger partial charge >= 0.3 is 12.1 Å². The molecule has 0 heterocycles. The van der Waals surface area contributed by atoms with Gasteiger partial charge in [0.05, 0.1) is 18.1 Å². The number of amides is 5. The van der Waals surface area contributed by atoms with E-state index in [0.29, 0.717) is 5.56 Å². The van der Waals surface area contributed by atoms with Crippen LogP contribution in [0.25, 0.3) is 0 Å². The Kier molecular flexibility index (Phi) is 20.9. The number of hydrogen-bond acceptors (Lipinski definition) is 11. The number of guanidine groups is 1. The second-order valence-electron chi connectivity index (χ2n) is 16.6. The van der Waals surface area contributed by atoms with E-state index in [-0.39, 0.29) is 49.6 Å². The Morgan fingerprint density at radius 3 is 1.88 bits per heavy atom. The van der Waals surface area contributed by atoms with Crippen LogP contribution in [0.4, 0.5) is 4.79 Å². The quantitative estimate of drug-likeness (QED) is 0.0366. The maximum absolute atomic E-state index is 14.3. The average molecular weight is 923 g/mol. The van der Waals surface area contributed by atoms with Crippen LogP contribution in [-0.4, -0.2) is 105 Å². The van der Waals surface area contributed by atoms with E-state index in [1.165, 1.54) is 12.1 Å². The van der Waals surface area contributed by atoms with Gasteiger partial charge in [0, 0.05) is 13.0 Å². The molecular weight excluding hydrogens is 861 g/mol. The third-order valence-electron chi connectivity index (χ3n) is 9.21. The first-order valence-electron chi connectivity index (χ1n) is 21.1. The smallest absolute Gasteiger partial charge is 0.408 e. The van der Waals surface area contributed by atoms with Gasteiger partial charge in [-0.15, -0.1) is 0 Å². The van der Waals surface area contributed by atoms with Crippen molar-refractivity contribution in [2.45, 2.75) is 108 Å². The van der Waals surface area contributed by atoms with E-state index in [9.17, 15) is 42.3 Å². The SMILES string of the molecule is Cc1ccc(S(=O)(=O)NC(N)=NCCC[C@H](NC(=O)[C@H](CC(C)C)NC(=O)OC(C)(C)C)C(=O)N[C@@H](COCc2ccccc2)C(=O)N[C@@H](Cc2ccccc2)C(=O)NCC(=O)O)cc1. The second-order valence-corrected chi connectivity index (χ2v) is 18.3. The van der Waals surface area contributed by atoms with E-state index in [1.54, 1.807) is 87.5 Å². The van der Waals surface area contributed by atoms with E-state index < -0.39 is 94.6 Å². The van der Waals surface area contributed by atoms with Gasteiger partial charge in [-0.1, -0.05) is 92.2 Å². The number of nitrogens with one attached hydrogen (secondary N) is 6. The first-order chi connectivity index (χ1) is 30.6. The predicted octanol–water partition coefficient (Wildman–Crippen LogP) is 2.42. The fourth-order valence-electron chi connectivity index (χ4n) is 6.08. The van der Waals surface area contributed by atoms with Crippen LogP contribution in [0.5, 0.6) is 0 Å². The van der Waals surface area contributed by atoms with Gasteiger partial charge in [0.1, 0.15) is 36.3 Å². The molecule has 0 fully saturated rings. The number of benzene rings is 3. The zero-order valence-corrected chi connectivity index (χ0v) is 38.4. The van der Waals surface area contributed by atoms with Crippen molar-refractivity contribution in [1.29, 1.82) is 0 Å². The van der Waals surface area contributed by atoms with Crippen molar-refractivity contribution in [1.82, 2.24) is 31.3 Å². The molecule has 354 valence electrons. The van der Waals surface area contributed by atoms with Crippen LogP contribution < -0.4 is 37.0 Å². The highest BCUT2D eigenvalue weighted by Crippen LogP contribution is 2.13. The lowest BCUT2D eigenvalue weighted by Crippen LogP contribution is -2.59. The second kappa shape index (κ2) is 25.7. The Morgan fingerprint density at radius 1 is 0.738 bits per heavy atom. The molecule has 65 heavy (non-hydrogen) atoms. The number of aryl methyl sites for hydroxylation is 1. The van der Waals surface area contributed by atoms with E-state index in [2.05, 4.69) is 36.3 Å². The van der Waals surface area contributed by atoms with Gasteiger partial charge in [0.25, 0.3) is 10.0 Å². The number of carbonyl (C=O) groups is 6. The normalized spacial score (nSPS) is 13.6. The Morgan fingerprint density at radius 2 is 1.29 bits per heavy atom. The minimum Gasteiger partial charge on any atom is -0.480 e. The molecule has 5 amide bonds. The van der Waals surface area contributed by atoms with E-state index in [4.69, 9.17) is 15.2 Å². The largest absolute Gasteiger partial charge is 0.480 e. The molecular formula is C45H62N8O11S. The van der Waals surface area contributed by atoms with E-state index in [1.807, 2.05) is 26.8 Å². The molecule has 19 nitrogen and oxygen atoms in total. The molecule has 0 aliphatic carbocycles. The Balaban J connectivity index is 1.92. The minimum atomic E-state index is -4.06. The lowest BCUT2D eigenvalue weighted by Gasteiger charge is -2.27. The van der Waals surface area contributed by atoms with Crippen LogP contribution in [0.15, 0.2) is 94.8 Å². The summed E-state index contributed by atoms with van der Waals surface area (Å²) in [5.41, 5.74) is 7.31. The number of carbonyl (C=O) groups excluding carboxylic acids is 5. The molecule has 20 heteroatoms. The summed E-state index contributed by atoms with van der Waals surface area (Å²) in [7, 11) is -4.06. The van der Waals surface area contributed by atoms with Crippen LogP contribution >= 0.6 is 0 Å². The molecule has 0 radical (unpaired) electrons. The van der Waals surface area contributed by atoms with Crippen molar-refractivity contribution in [3.63, 3.8) is 0 Å². The summed E-state index contributed by atoms with van der Waals surface area (Å²) in [4.78, 5) is 83.8. The first kappa shape index (κ1) is 52.8. The summed E-state index contributed by atoms with van der Waals surface area (Å²) >= 11 is 0. The van der Waals surface area contributed by atoms with Gasteiger partial charge in [-0.05, 0) is 76.1 Å². The standard InChI is InChI=1S/C45H62N8O11S/c1-29(2)24-35(52-44(60)64-45(4,5)6)41(58)49-34(18-13-23-47-43(46)53-65(61,62)33-21-19-30(3)20-22-33)40(57)51-37(28-63-27-32-16-11-8-12-17-32)42(59)50-36(39(56)48-26-38(54)55)25-31-14-9-7-10-15-31/h7-12,14-17,19-22,29,34-37H,13,18,23-28H2,1-6H3,(H,48,56)(H,49,58)(H,50,59)(H,51,57)(H,52,60)(H,54,55)(H3,46,47,53)/t34-,35-,36-,37-/m0/s1. The monoisotopic (exact) mass is 922 g/mol. The van der Waals surface area contributed by atoms with Crippen LogP contribution in [0.3, 0.4) is 0 Å². The van der Waals surface area contributed by atoms with Crippen LogP contribution in [0.2, 0.25) is 0 Å². The predicted molar refractivity (Wildman–Crippen MR) is 243 cm³/mol. The summed E-state index contributed by atoms with van der Waals surface area (Å²) in [5, 5.41) is 22.0. The van der Waals surface area contributed by atoms with Gasteiger partial charge in [-0.2, -0.15) is 0 Å². The topological polar surface area (TPSA) is 286 Å². The molecule has 9 N–H and O–H groups in total. The van der Waals surface area contributed by atoms with Crippen molar-refractivity contribution in [2.75, 3.05) is 19.7 Å². The molecule has 0 unspecified atom stereocenters. The summed E-state index contributed by atoms with van der Waals surface area (Å²) in [6.45, 7) is 9.28. The molecule has 0 aliphatic heterocycles. The summed E-state index contributed by atoms with van der Waals surface area (Å²) in [6, 6.07) is 18.5. The zero-order chi connectivity index (χ0) is 48.2. The van der Waals surface area contributed by atoms with Crippen LogP contribution in [-0.2, 0) is 56.5 Å². The zero-order valence-electron chi connectivity index (χ0n) is 37.6. The third-order valence-corrected chi connectivity index (χ3v) is 10.6. The van der Waals surface area contributed by atoms with Crippen LogP contribution in [0.1, 0.15) is 70.6 Å². The number of rotatable bonds is 24. The number of alkyl carbamates (subject to hydrolysis) is 1. The van der Waals surface area contributed by atoms with E-state index >= 15 is 0 Å². The molecule has 0 saturated carbocycles. The number of ether oxygens (including phenoxy) is 2. The number of aliphatic imine (C=N–C) groups is 1. The number of sulfonamides is 1. The Hall–Kier alpha value is -6.54. The van der Waals surface area contributed by atoms with Crippen LogP contribution in [0, 0.1) is 12.8 Å². The summed E-state index contributed by atoms with van der Waals surface area (Å²) < 4.78 is 39.2. The van der Waals surface area contributed by atoms with Crippen molar-refractivity contribution in [3.05, 3.63) is 102 Å². The van der Waals surface area contributed by atoms with Gasteiger partial charge in [-0.3, -0.25) is 29.0 Å². The highest BCUT2D eigenvalue weighted by molar-refractivity contribution is 7.90. The summed E-state index contributed by atoms with van der Waals surface area (Å²) in [6.07, 6.45) is -0.791. The average Bonchev–Trinajstić information content (AvgIpc) is 3.22. The lowest BCUT2D eigenvalue weighted by molar-refractivity contribution is -0.138. The number of nitrogens with zero attached hydrogens (tertiary/aromatic N) is 1. The molecule has 3 aromatic rings. The third kappa shape index (κ3) is 20.2. The highest BCUT2D eigenvalue weighted by atomic mass is 32.2. The minimum absolute atomic E-state index is 0.0322. The number of nitrogens with two attached hydrogens (primary N) is 1. The fourth-order valence-corrected chi connectivity index (χ4v) is 7.03. The number of hydrogen-bond donors (Lipinski definition) is 8. The van der Waals surface area contributed by atoms with Crippen molar-refractivity contribution >= 4 is 51.7 Å². The molecule has 0 aliphatic rings. The maximum Gasteiger partial charge on any atom is 0.408 e. The van der Waals surface area contributed by atoms with Gasteiger partial charge in [-0.25, -0.2) is 17.9 Å². The maximum atomic E-state index is 14.3. The Bertz CT molecular complexity index is 2180. The number of carboxylic acid groups (broad SMARTS) is 1. The van der Waals surface area contributed by atoms with Gasteiger partial charge in [0.15, 0.2) is 0 Å². The van der Waals surface area contributed by atoms with Crippen molar-refractivity contribution in [3.8, 4) is 0 Å². The van der Waals surface area contributed by atoms with E-state index in [0.717, 1.165) is 11.1 Å².